The Labute approximate surface area is 185 Å². The minimum absolute atomic E-state index is 0.147. The third-order valence-corrected chi connectivity index (χ3v) is 5.76. The van der Waals surface area contributed by atoms with Crippen molar-refractivity contribution in [2.75, 3.05) is 20.8 Å². The van der Waals surface area contributed by atoms with Gasteiger partial charge in [0, 0.05) is 12.7 Å². The molecule has 0 saturated heterocycles. The number of hydrogen-bond acceptors (Lipinski definition) is 5. The summed E-state index contributed by atoms with van der Waals surface area (Å²) in [6.07, 6.45) is 2.46. The molecule has 158 valence electrons. The number of amides is 1. The zero-order valence-corrected chi connectivity index (χ0v) is 18.2. The molecule has 0 saturated carbocycles. The number of thiophene rings is 1. The quantitative estimate of drug-likeness (QED) is 0.441. The second-order valence-electron chi connectivity index (χ2n) is 6.84. The molecule has 31 heavy (non-hydrogen) atoms. The molecule has 0 atom stereocenters. The molecule has 0 fully saturated rings. The molecule has 1 amide bonds. The fraction of sp³-hybridized carbons (Fsp3) is 0.167. The van der Waals surface area contributed by atoms with E-state index in [9.17, 15) is 4.79 Å². The summed E-state index contributed by atoms with van der Waals surface area (Å²) in [6, 6.07) is 19.5. The minimum Gasteiger partial charge on any atom is -0.493 e. The number of carbonyl (C=O) groups is 1. The van der Waals surface area contributed by atoms with Crippen LogP contribution < -0.4 is 14.8 Å². The molecule has 4 aromatic rings. The van der Waals surface area contributed by atoms with E-state index in [4.69, 9.17) is 9.47 Å². The predicted molar refractivity (Wildman–Crippen MR) is 122 cm³/mol. The van der Waals surface area contributed by atoms with Crippen LogP contribution in [0.15, 0.2) is 72.2 Å². The van der Waals surface area contributed by atoms with Crippen LogP contribution in [0.1, 0.15) is 15.9 Å². The van der Waals surface area contributed by atoms with E-state index >= 15 is 0 Å². The molecule has 2 aromatic carbocycles. The van der Waals surface area contributed by atoms with E-state index in [0.717, 1.165) is 16.1 Å². The van der Waals surface area contributed by atoms with Crippen LogP contribution in [0.2, 0.25) is 0 Å². The van der Waals surface area contributed by atoms with Crippen molar-refractivity contribution in [3.63, 3.8) is 0 Å². The van der Waals surface area contributed by atoms with E-state index < -0.39 is 0 Å². The van der Waals surface area contributed by atoms with Crippen LogP contribution in [0.5, 0.6) is 11.5 Å². The molecule has 6 nitrogen and oxygen atoms in total. The lowest BCUT2D eigenvalue weighted by Gasteiger charge is -2.10. The predicted octanol–water partition coefficient (Wildman–Crippen LogP) is 4.59. The molecule has 0 spiro atoms. The number of carbonyl (C=O) groups excluding carboxylic acids is 1. The molecule has 0 unspecified atom stereocenters. The number of nitrogens with zero attached hydrogens (tertiary/aromatic N) is 2. The van der Waals surface area contributed by atoms with Gasteiger partial charge >= 0.3 is 0 Å². The van der Waals surface area contributed by atoms with Gasteiger partial charge in [0.15, 0.2) is 11.5 Å². The lowest BCUT2D eigenvalue weighted by molar-refractivity contribution is 0.0955. The first kappa shape index (κ1) is 20.7. The number of aromatic nitrogens is 2. The second kappa shape index (κ2) is 9.49. The number of methoxy groups -OCH3 is 2. The molecule has 0 aliphatic heterocycles. The highest BCUT2D eigenvalue weighted by molar-refractivity contribution is 7.13. The molecular weight excluding hydrogens is 410 g/mol. The van der Waals surface area contributed by atoms with E-state index in [1.54, 1.807) is 36.4 Å². The maximum absolute atomic E-state index is 13.0. The Morgan fingerprint density at radius 2 is 1.84 bits per heavy atom. The minimum atomic E-state index is -0.147. The van der Waals surface area contributed by atoms with Gasteiger partial charge in [-0.2, -0.15) is 5.10 Å². The standard InChI is InChI=1S/C24H23N3O3S/c1-29-20-11-10-17(15-21(20)30-2)12-13-25-24(28)19-16-27(18-7-4-3-5-8-18)26-23(19)22-9-6-14-31-22/h3-11,14-16H,12-13H2,1-2H3,(H,25,28). The average Bonchev–Trinajstić information content (AvgIpc) is 3.49. The number of benzene rings is 2. The topological polar surface area (TPSA) is 65.4 Å². The van der Waals surface area contributed by atoms with Gasteiger partial charge < -0.3 is 14.8 Å². The van der Waals surface area contributed by atoms with E-state index in [0.29, 0.717) is 35.7 Å². The van der Waals surface area contributed by atoms with Crippen molar-refractivity contribution in [1.82, 2.24) is 15.1 Å². The summed E-state index contributed by atoms with van der Waals surface area (Å²) in [5.74, 6) is 1.21. The number of para-hydroxylation sites is 1. The van der Waals surface area contributed by atoms with Gasteiger partial charge in [-0.15, -0.1) is 11.3 Å². The largest absolute Gasteiger partial charge is 0.493 e. The van der Waals surface area contributed by atoms with Crippen molar-refractivity contribution in [2.24, 2.45) is 0 Å². The summed E-state index contributed by atoms with van der Waals surface area (Å²) in [6.45, 7) is 0.495. The van der Waals surface area contributed by atoms with Crippen molar-refractivity contribution in [3.8, 4) is 27.8 Å². The van der Waals surface area contributed by atoms with Gasteiger partial charge in [-0.3, -0.25) is 4.79 Å². The molecule has 0 aliphatic rings. The molecule has 4 rings (SSSR count). The van der Waals surface area contributed by atoms with Crippen molar-refractivity contribution in [3.05, 3.63) is 83.4 Å². The summed E-state index contributed by atoms with van der Waals surface area (Å²) in [4.78, 5) is 14.0. The maximum Gasteiger partial charge on any atom is 0.255 e. The third kappa shape index (κ3) is 4.62. The highest BCUT2D eigenvalue weighted by atomic mass is 32.1. The molecule has 7 heteroatoms. The Balaban J connectivity index is 1.51. The molecular formula is C24H23N3O3S. The maximum atomic E-state index is 13.0. The lowest BCUT2D eigenvalue weighted by Crippen LogP contribution is -2.25. The summed E-state index contributed by atoms with van der Waals surface area (Å²) in [5, 5.41) is 9.69. The van der Waals surface area contributed by atoms with Crippen molar-refractivity contribution >= 4 is 17.2 Å². The summed E-state index contributed by atoms with van der Waals surface area (Å²) in [7, 11) is 3.22. The zero-order chi connectivity index (χ0) is 21.6. The first-order valence-electron chi connectivity index (χ1n) is 9.87. The van der Waals surface area contributed by atoms with E-state index in [2.05, 4.69) is 10.4 Å². The monoisotopic (exact) mass is 433 g/mol. The first-order valence-corrected chi connectivity index (χ1v) is 10.8. The lowest BCUT2D eigenvalue weighted by atomic mass is 10.1. The van der Waals surface area contributed by atoms with Crippen LogP contribution in [-0.4, -0.2) is 36.5 Å². The van der Waals surface area contributed by atoms with E-state index in [1.807, 2.05) is 66.0 Å². The van der Waals surface area contributed by atoms with Gasteiger partial charge in [0.25, 0.3) is 5.91 Å². The molecule has 2 heterocycles. The number of ether oxygens (including phenoxy) is 2. The Hall–Kier alpha value is -3.58. The van der Waals surface area contributed by atoms with Gasteiger partial charge in [0.2, 0.25) is 0 Å². The van der Waals surface area contributed by atoms with Crippen LogP contribution in [0, 0.1) is 0 Å². The Morgan fingerprint density at radius 3 is 2.55 bits per heavy atom. The average molecular weight is 434 g/mol. The molecule has 0 radical (unpaired) electrons. The van der Waals surface area contributed by atoms with Gasteiger partial charge in [-0.1, -0.05) is 30.3 Å². The van der Waals surface area contributed by atoms with Crippen molar-refractivity contribution in [1.29, 1.82) is 0 Å². The number of hydrogen-bond donors (Lipinski definition) is 1. The molecule has 0 bridgehead atoms. The van der Waals surface area contributed by atoms with Gasteiger partial charge in [0.05, 0.1) is 30.3 Å². The van der Waals surface area contributed by atoms with Crippen LogP contribution >= 0.6 is 11.3 Å². The Bertz CT molecular complexity index is 1150. The summed E-state index contributed by atoms with van der Waals surface area (Å²) >= 11 is 1.56. The molecule has 0 aliphatic carbocycles. The van der Waals surface area contributed by atoms with Crippen LogP contribution in [0.25, 0.3) is 16.3 Å². The zero-order valence-electron chi connectivity index (χ0n) is 17.4. The van der Waals surface area contributed by atoms with Crippen LogP contribution in [-0.2, 0) is 6.42 Å². The van der Waals surface area contributed by atoms with Crippen LogP contribution in [0.4, 0.5) is 0 Å². The van der Waals surface area contributed by atoms with Gasteiger partial charge in [-0.05, 0) is 47.7 Å². The number of nitrogens with one attached hydrogen (secondary N) is 1. The smallest absolute Gasteiger partial charge is 0.255 e. The highest BCUT2D eigenvalue weighted by Gasteiger charge is 2.19. The fourth-order valence-corrected chi connectivity index (χ4v) is 4.02. The first-order chi connectivity index (χ1) is 15.2. The van der Waals surface area contributed by atoms with Crippen molar-refractivity contribution in [2.45, 2.75) is 6.42 Å². The van der Waals surface area contributed by atoms with Crippen molar-refractivity contribution < 1.29 is 14.3 Å². The Kier molecular flexibility index (Phi) is 6.33. The van der Waals surface area contributed by atoms with E-state index in [-0.39, 0.29) is 5.91 Å². The Morgan fingerprint density at radius 1 is 1.03 bits per heavy atom. The second-order valence-corrected chi connectivity index (χ2v) is 7.79. The number of rotatable bonds is 8. The molecule has 1 N–H and O–H groups in total. The molecule has 2 aromatic heterocycles. The SMILES string of the molecule is COc1ccc(CCNC(=O)c2cn(-c3ccccc3)nc2-c2cccs2)cc1OC. The van der Waals surface area contributed by atoms with Gasteiger partial charge in [-0.25, -0.2) is 4.68 Å². The summed E-state index contributed by atoms with van der Waals surface area (Å²) in [5.41, 5.74) is 3.20. The summed E-state index contributed by atoms with van der Waals surface area (Å²) < 4.78 is 12.4. The van der Waals surface area contributed by atoms with Crippen LogP contribution in [0.3, 0.4) is 0 Å². The van der Waals surface area contributed by atoms with Gasteiger partial charge in [0.1, 0.15) is 5.69 Å². The highest BCUT2D eigenvalue weighted by Crippen LogP contribution is 2.29. The normalized spacial score (nSPS) is 10.6. The fourth-order valence-electron chi connectivity index (χ4n) is 3.30. The van der Waals surface area contributed by atoms with E-state index in [1.165, 1.54) is 0 Å². The third-order valence-electron chi connectivity index (χ3n) is 4.88.